The minimum Gasteiger partial charge on any atom is -0.491 e. The van der Waals surface area contributed by atoms with E-state index in [1.165, 1.54) is 11.1 Å². The van der Waals surface area contributed by atoms with E-state index < -0.39 is 0 Å². The molecule has 0 bridgehead atoms. The highest BCUT2D eigenvalue weighted by Crippen LogP contribution is 2.43. The molecule has 0 N–H and O–H groups in total. The zero-order valence-electron chi connectivity index (χ0n) is 19.2. The molecule has 1 aliphatic heterocycles. The minimum atomic E-state index is -0.337. The van der Waals surface area contributed by atoms with E-state index in [4.69, 9.17) is 4.74 Å². The van der Waals surface area contributed by atoms with Crippen molar-refractivity contribution < 1.29 is 9.66 Å². The molecule has 5 rings (SSSR count). The summed E-state index contributed by atoms with van der Waals surface area (Å²) in [6.07, 6.45) is 1.99. The monoisotopic (exact) mass is 452 g/mol. The molecular weight excluding hydrogens is 424 g/mol. The van der Waals surface area contributed by atoms with Gasteiger partial charge in [0.1, 0.15) is 12.4 Å². The summed E-state index contributed by atoms with van der Waals surface area (Å²) < 4.78 is 6.31. The van der Waals surface area contributed by atoms with Crippen LogP contribution in [0.2, 0.25) is 0 Å². The van der Waals surface area contributed by atoms with E-state index in [2.05, 4.69) is 72.5 Å². The molecule has 4 aromatic carbocycles. The maximum Gasteiger partial charge on any atom is 0.277 e. The van der Waals surface area contributed by atoms with Crippen molar-refractivity contribution in [2.75, 3.05) is 6.61 Å². The number of non-ortho nitro benzene ring substituents is 1. The van der Waals surface area contributed by atoms with E-state index in [0.717, 1.165) is 18.2 Å². The van der Waals surface area contributed by atoms with Gasteiger partial charge in [0.2, 0.25) is 0 Å². The summed E-state index contributed by atoms with van der Waals surface area (Å²) in [5.74, 6) is 0.697. The molecule has 0 aromatic heterocycles. The van der Waals surface area contributed by atoms with Gasteiger partial charge in [-0.3, -0.25) is 15.0 Å². The second-order valence-corrected chi connectivity index (χ2v) is 8.80. The van der Waals surface area contributed by atoms with Gasteiger partial charge in [0.05, 0.1) is 16.4 Å². The molecule has 2 unspecified atom stereocenters. The molecule has 4 aromatic rings. The lowest BCUT2D eigenvalue weighted by Gasteiger charge is -2.21. The Hall–Kier alpha value is -3.70. The van der Waals surface area contributed by atoms with Gasteiger partial charge >= 0.3 is 0 Å². The average Bonchev–Trinajstić information content (AvgIpc) is 3.59. The van der Waals surface area contributed by atoms with Gasteiger partial charge in [-0.05, 0) is 36.1 Å². The fourth-order valence-electron chi connectivity index (χ4n) is 5.12. The second kappa shape index (κ2) is 9.65. The van der Waals surface area contributed by atoms with Gasteiger partial charge in [0.25, 0.3) is 5.69 Å². The molecule has 5 heteroatoms. The number of nitro groups is 1. The highest BCUT2D eigenvalue weighted by molar-refractivity contribution is 5.95. The van der Waals surface area contributed by atoms with Crippen LogP contribution in [0.15, 0.2) is 97.1 Å². The van der Waals surface area contributed by atoms with Crippen molar-refractivity contribution in [3.05, 3.63) is 118 Å². The van der Waals surface area contributed by atoms with Crippen LogP contribution in [0.25, 0.3) is 10.8 Å². The van der Waals surface area contributed by atoms with Crippen LogP contribution in [0.3, 0.4) is 0 Å². The topological polar surface area (TPSA) is 55.4 Å². The first-order valence-electron chi connectivity index (χ1n) is 11.8. The third-order valence-corrected chi connectivity index (χ3v) is 6.82. The van der Waals surface area contributed by atoms with Gasteiger partial charge in [0, 0.05) is 23.5 Å². The van der Waals surface area contributed by atoms with Gasteiger partial charge in [0.15, 0.2) is 0 Å². The number of ether oxygens (including phenoxy) is 1. The standard InChI is InChI=1S/C29H28N2O3/c1-2-25-28(20-34-29-18-17-26(31(32)33)23-15-9-10-16-24(23)29)30(25)27(22-13-7-4-8-14-22)19-21-11-5-3-6-12-21/h3-18,25,27-28H,2,19-20H2,1H3/t25-,27?,28-,30?/m0/s1. The normalized spacial score (nSPS) is 20.1. The fourth-order valence-corrected chi connectivity index (χ4v) is 5.12. The van der Waals surface area contributed by atoms with Gasteiger partial charge in [-0.1, -0.05) is 85.8 Å². The lowest BCUT2D eigenvalue weighted by molar-refractivity contribution is -0.383. The zero-order valence-corrected chi connectivity index (χ0v) is 19.2. The molecule has 0 amide bonds. The van der Waals surface area contributed by atoms with Gasteiger partial charge in [-0.15, -0.1) is 0 Å². The third-order valence-electron chi connectivity index (χ3n) is 6.82. The molecule has 1 heterocycles. The molecule has 4 atom stereocenters. The van der Waals surface area contributed by atoms with Crippen molar-refractivity contribution in [1.82, 2.24) is 4.90 Å². The van der Waals surface area contributed by atoms with Crippen molar-refractivity contribution >= 4 is 16.5 Å². The Morgan fingerprint density at radius 3 is 2.18 bits per heavy atom. The Bertz CT molecular complexity index is 1280. The number of fused-ring (bicyclic) bond motifs is 1. The Labute approximate surface area is 199 Å². The number of benzene rings is 4. The Balaban J connectivity index is 1.38. The van der Waals surface area contributed by atoms with E-state index in [0.29, 0.717) is 29.8 Å². The first kappa shape index (κ1) is 22.1. The predicted molar refractivity (Wildman–Crippen MR) is 135 cm³/mol. The average molecular weight is 453 g/mol. The fraction of sp³-hybridized carbons (Fsp3) is 0.241. The molecule has 1 fully saturated rings. The molecule has 0 radical (unpaired) electrons. The molecule has 1 aliphatic rings. The van der Waals surface area contributed by atoms with Crippen molar-refractivity contribution in [2.45, 2.75) is 37.9 Å². The van der Waals surface area contributed by atoms with E-state index in [1.807, 2.05) is 18.2 Å². The van der Waals surface area contributed by atoms with Crippen LogP contribution in [0.5, 0.6) is 5.75 Å². The molecule has 172 valence electrons. The van der Waals surface area contributed by atoms with Crippen molar-refractivity contribution in [3.63, 3.8) is 0 Å². The Morgan fingerprint density at radius 2 is 1.50 bits per heavy atom. The largest absolute Gasteiger partial charge is 0.491 e. The van der Waals surface area contributed by atoms with Crippen molar-refractivity contribution in [1.29, 1.82) is 0 Å². The molecule has 34 heavy (non-hydrogen) atoms. The number of nitro benzene ring substituents is 1. The van der Waals surface area contributed by atoms with Crippen LogP contribution in [0, 0.1) is 10.1 Å². The number of hydrogen-bond donors (Lipinski definition) is 0. The highest BCUT2D eigenvalue weighted by atomic mass is 16.6. The van der Waals surface area contributed by atoms with Crippen LogP contribution in [0.1, 0.15) is 30.5 Å². The number of nitrogens with zero attached hydrogens (tertiary/aromatic N) is 2. The first-order valence-corrected chi connectivity index (χ1v) is 11.8. The Morgan fingerprint density at radius 1 is 0.853 bits per heavy atom. The van der Waals surface area contributed by atoms with E-state index in [1.54, 1.807) is 18.2 Å². The summed E-state index contributed by atoms with van der Waals surface area (Å²) in [4.78, 5) is 13.7. The SMILES string of the molecule is CC[C@H]1[C@H](COc2ccc([N+](=O)[O-])c3ccccc23)N1C(Cc1ccccc1)c1ccccc1. The summed E-state index contributed by atoms with van der Waals surface area (Å²) in [5.41, 5.74) is 2.74. The van der Waals surface area contributed by atoms with Gasteiger partial charge < -0.3 is 4.74 Å². The lowest BCUT2D eigenvalue weighted by Crippen LogP contribution is -2.18. The highest BCUT2D eigenvalue weighted by Gasteiger charge is 2.50. The number of rotatable bonds is 9. The Kier molecular flexibility index (Phi) is 6.28. The summed E-state index contributed by atoms with van der Waals surface area (Å²) in [6, 6.07) is 33.0. The third kappa shape index (κ3) is 4.39. The van der Waals surface area contributed by atoms with Crippen LogP contribution in [-0.4, -0.2) is 28.5 Å². The maximum atomic E-state index is 11.4. The molecule has 1 saturated heterocycles. The summed E-state index contributed by atoms with van der Waals surface area (Å²) >= 11 is 0. The van der Waals surface area contributed by atoms with Crippen LogP contribution in [0.4, 0.5) is 5.69 Å². The maximum absolute atomic E-state index is 11.4. The van der Waals surface area contributed by atoms with Crippen molar-refractivity contribution in [3.8, 4) is 5.75 Å². The minimum absolute atomic E-state index is 0.106. The summed E-state index contributed by atoms with van der Waals surface area (Å²) in [6.45, 7) is 2.78. The van der Waals surface area contributed by atoms with Gasteiger partial charge in [-0.25, -0.2) is 0 Å². The lowest BCUT2D eigenvalue weighted by atomic mass is 9.98. The summed E-state index contributed by atoms with van der Waals surface area (Å²) in [5, 5.41) is 12.8. The zero-order chi connectivity index (χ0) is 23.5. The number of hydrogen-bond acceptors (Lipinski definition) is 4. The second-order valence-electron chi connectivity index (χ2n) is 8.80. The molecule has 0 aliphatic carbocycles. The van der Waals surface area contributed by atoms with Crippen LogP contribution >= 0.6 is 0 Å². The smallest absolute Gasteiger partial charge is 0.277 e. The van der Waals surface area contributed by atoms with Crippen molar-refractivity contribution in [2.24, 2.45) is 0 Å². The van der Waals surface area contributed by atoms with E-state index >= 15 is 0 Å². The molecule has 5 nitrogen and oxygen atoms in total. The predicted octanol–water partition coefficient (Wildman–Crippen LogP) is 6.57. The summed E-state index contributed by atoms with van der Waals surface area (Å²) in [7, 11) is 0. The quantitative estimate of drug-likeness (QED) is 0.164. The van der Waals surface area contributed by atoms with Crippen LogP contribution in [-0.2, 0) is 6.42 Å². The molecular formula is C29H28N2O3. The first-order chi connectivity index (χ1) is 16.7. The van der Waals surface area contributed by atoms with Gasteiger partial charge in [-0.2, -0.15) is 0 Å². The molecule has 0 spiro atoms. The molecule has 0 saturated carbocycles. The van der Waals surface area contributed by atoms with E-state index in [-0.39, 0.29) is 16.7 Å². The van der Waals surface area contributed by atoms with Crippen LogP contribution < -0.4 is 4.74 Å². The van der Waals surface area contributed by atoms with E-state index in [9.17, 15) is 10.1 Å².